The molecule has 138 valence electrons. The number of likely N-dealkylation sites (tertiary alicyclic amines) is 1. The number of carbonyl (C=O) groups excluding carboxylic acids is 1. The quantitative estimate of drug-likeness (QED) is 0.772. The molecule has 1 atom stereocenters. The number of sulfone groups is 1. The Morgan fingerprint density at radius 2 is 2.19 bits per heavy atom. The van der Waals surface area contributed by atoms with Gasteiger partial charge in [0.2, 0.25) is 5.88 Å². The highest BCUT2D eigenvalue weighted by molar-refractivity contribution is 7.93. The predicted molar refractivity (Wildman–Crippen MR) is 93.5 cm³/mol. The summed E-state index contributed by atoms with van der Waals surface area (Å²) in [6, 6.07) is 5.36. The maximum atomic E-state index is 12.7. The second kappa shape index (κ2) is 6.08. The molecule has 0 aliphatic carbocycles. The van der Waals surface area contributed by atoms with E-state index in [9.17, 15) is 13.2 Å². The first-order valence-electron chi connectivity index (χ1n) is 8.45. The number of carbonyl (C=O) groups is 1. The van der Waals surface area contributed by atoms with Crippen molar-refractivity contribution in [3.8, 4) is 5.88 Å². The van der Waals surface area contributed by atoms with Crippen molar-refractivity contribution in [2.24, 2.45) is 13.0 Å². The second-order valence-electron chi connectivity index (χ2n) is 6.91. The van der Waals surface area contributed by atoms with E-state index < -0.39 is 14.6 Å². The molecule has 26 heavy (non-hydrogen) atoms. The average molecular weight is 376 g/mol. The summed E-state index contributed by atoms with van der Waals surface area (Å²) >= 11 is 0. The van der Waals surface area contributed by atoms with Gasteiger partial charge in [0.05, 0.1) is 24.1 Å². The molecule has 1 amide bonds. The maximum Gasteiger partial charge on any atom is 0.257 e. The fourth-order valence-electron chi connectivity index (χ4n) is 3.78. The van der Waals surface area contributed by atoms with E-state index in [0.29, 0.717) is 17.9 Å². The molecule has 2 aromatic rings. The molecule has 0 bridgehead atoms. The van der Waals surface area contributed by atoms with E-state index in [2.05, 4.69) is 10.1 Å². The minimum atomic E-state index is -3.26. The Bertz CT molecular complexity index is 919. The third kappa shape index (κ3) is 2.66. The third-order valence-electron chi connectivity index (χ3n) is 5.32. The number of aryl methyl sites for hydroxylation is 1. The van der Waals surface area contributed by atoms with E-state index in [0.717, 1.165) is 0 Å². The zero-order chi connectivity index (χ0) is 18.4. The summed E-state index contributed by atoms with van der Waals surface area (Å²) < 4.78 is 31.7. The number of hydrogen-bond donors (Lipinski definition) is 0. The molecule has 0 aromatic carbocycles. The minimum Gasteiger partial charge on any atom is -0.477 e. The fraction of sp³-hybridized carbons (Fsp3) is 0.471. The number of rotatable bonds is 4. The lowest BCUT2D eigenvalue weighted by atomic mass is 9.83. The lowest BCUT2D eigenvalue weighted by Crippen LogP contribution is -2.68. The summed E-state index contributed by atoms with van der Waals surface area (Å²) in [6.45, 7) is 0.698. The Morgan fingerprint density at radius 3 is 2.85 bits per heavy atom. The van der Waals surface area contributed by atoms with Crippen molar-refractivity contribution >= 4 is 15.7 Å². The van der Waals surface area contributed by atoms with E-state index in [4.69, 9.17) is 4.74 Å². The Morgan fingerprint density at radius 1 is 1.38 bits per heavy atom. The highest BCUT2D eigenvalue weighted by atomic mass is 32.2. The Hall–Kier alpha value is -2.42. The molecular weight excluding hydrogens is 356 g/mol. The molecule has 2 fully saturated rings. The van der Waals surface area contributed by atoms with Crippen molar-refractivity contribution in [3.63, 3.8) is 0 Å². The average Bonchev–Trinajstić information content (AvgIpc) is 3.13. The van der Waals surface area contributed by atoms with Gasteiger partial charge in [-0.1, -0.05) is 6.07 Å². The summed E-state index contributed by atoms with van der Waals surface area (Å²) in [5.74, 6) is 0.287. The van der Waals surface area contributed by atoms with Crippen LogP contribution in [-0.2, 0) is 16.9 Å². The van der Waals surface area contributed by atoms with Gasteiger partial charge in [-0.15, -0.1) is 0 Å². The van der Waals surface area contributed by atoms with Gasteiger partial charge >= 0.3 is 0 Å². The normalized spacial score (nSPS) is 23.0. The van der Waals surface area contributed by atoms with E-state index in [1.54, 1.807) is 41.2 Å². The van der Waals surface area contributed by atoms with Crippen LogP contribution < -0.4 is 4.74 Å². The van der Waals surface area contributed by atoms with E-state index >= 15 is 0 Å². The molecule has 2 aliphatic rings. The van der Waals surface area contributed by atoms with Crippen LogP contribution in [0.3, 0.4) is 0 Å². The van der Waals surface area contributed by atoms with Crippen LogP contribution >= 0.6 is 0 Å². The van der Waals surface area contributed by atoms with Crippen LogP contribution in [0.4, 0.5) is 0 Å². The first kappa shape index (κ1) is 17.0. The summed E-state index contributed by atoms with van der Waals surface area (Å²) in [4.78, 5) is 18.2. The number of amides is 1. The standard InChI is InChI=1S/C17H20N4O4S/c1-20-9-13(8-19-20)16(22)21-11-17(12-21)14(5-7-26(17,23)24)10-25-15-4-2-3-6-18-15/h2-4,6,8-9,14H,5,7,10-12H2,1H3/t14-/m0/s1. The van der Waals surface area contributed by atoms with Crippen LogP contribution in [0.15, 0.2) is 36.8 Å². The van der Waals surface area contributed by atoms with Crippen molar-refractivity contribution in [2.45, 2.75) is 11.2 Å². The Balaban J connectivity index is 1.47. The molecule has 2 aromatic heterocycles. The third-order valence-corrected chi connectivity index (χ3v) is 7.93. The lowest BCUT2D eigenvalue weighted by molar-refractivity contribution is 0.0407. The zero-order valence-corrected chi connectivity index (χ0v) is 15.2. The molecule has 0 saturated carbocycles. The van der Waals surface area contributed by atoms with Crippen molar-refractivity contribution in [1.29, 1.82) is 0 Å². The Labute approximate surface area is 151 Å². The minimum absolute atomic E-state index is 0.137. The van der Waals surface area contributed by atoms with Crippen LogP contribution in [0, 0.1) is 5.92 Å². The first-order valence-corrected chi connectivity index (χ1v) is 10.1. The van der Waals surface area contributed by atoms with Crippen molar-refractivity contribution in [2.75, 3.05) is 25.4 Å². The number of ether oxygens (including phenoxy) is 1. The van der Waals surface area contributed by atoms with Crippen LogP contribution in [0.2, 0.25) is 0 Å². The summed E-state index contributed by atoms with van der Waals surface area (Å²) in [6.07, 6.45) is 5.31. The number of pyridine rings is 1. The topological polar surface area (TPSA) is 94.4 Å². The molecular formula is C17H20N4O4S. The highest BCUT2D eigenvalue weighted by Gasteiger charge is 2.62. The van der Waals surface area contributed by atoms with Gasteiger partial charge in [-0.05, 0) is 12.5 Å². The van der Waals surface area contributed by atoms with Gasteiger partial charge < -0.3 is 9.64 Å². The van der Waals surface area contributed by atoms with Crippen LogP contribution in [0.25, 0.3) is 0 Å². The van der Waals surface area contributed by atoms with Gasteiger partial charge in [0.1, 0.15) is 4.75 Å². The number of nitrogens with zero attached hydrogens (tertiary/aromatic N) is 4. The van der Waals surface area contributed by atoms with Crippen LogP contribution in [0.5, 0.6) is 5.88 Å². The molecule has 8 nitrogen and oxygen atoms in total. The second-order valence-corrected chi connectivity index (χ2v) is 9.36. The first-order chi connectivity index (χ1) is 12.4. The molecule has 2 saturated heterocycles. The van der Waals surface area contributed by atoms with E-state index in [1.807, 2.05) is 6.07 Å². The zero-order valence-electron chi connectivity index (χ0n) is 14.4. The monoisotopic (exact) mass is 376 g/mol. The van der Waals surface area contributed by atoms with Gasteiger partial charge in [0.25, 0.3) is 5.91 Å². The van der Waals surface area contributed by atoms with Gasteiger partial charge in [-0.2, -0.15) is 5.10 Å². The smallest absolute Gasteiger partial charge is 0.257 e. The highest BCUT2D eigenvalue weighted by Crippen LogP contribution is 2.45. The molecule has 9 heteroatoms. The van der Waals surface area contributed by atoms with Gasteiger partial charge in [0, 0.05) is 44.5 Å². The lowest BCUT2D eigenvalue weighted by Gasteiger charge is -2.49. The molecule has 4 rings (SSSR count). The molecule has 4 heterocycles. The van der Waals surface area contributed by atoms with Gasteiger partial charge in [-0.3, -0.25) is 9.48 Å². The van der Waals surface area contributed by atoms with Crippen molar-refractivity contribution < 1.29 is 17.9 Å². The van der Waals surface area contributed by atoms with Gasteiger partial charge in [-0.25, -0.2) is 13.4 Å². The summed E-state index contributed by atoms with van der Waals surface area (Å²) in [7, 11) is -1.53. The summed E-state index contributed by atoms with van der Waals surface area (Å²) in [5.41, 5.74) is 0.471. The molecule has 1 spiro atoms. The number of hydrogen-bond acceptors (Lipinski definition) is 6. The number of aromatic nitrogens is 3. The van der Waals surface area contributed by atoms with Crippen molar-refractivity contribution in [1.82, 2.24) is 19.7 Å². The summed E-state index contributed by atoms with van der Waals surface area (Å²) in [5, 5.41) is 4.00. The van der Waals surface area contributed by atoms with Crippen LogP contribution in [-0.4, -0.2) is 64.2 Å². The molecule has 2 aliphatic heterocycles. The SMILES string of the molecule is Cn1cc(C(=O)N2CC3(C2)[C@H](COc2ccccn2)CCS3(=O)=O)cn1. The van der Waals surface area contributed by atoms with Gasteiger partial charge in [0.15, 0.2) is 9.84 Å². The molecule has 0 radical (unpaired) electrons. The van der Waals surface area contributed by atoms with Crippen molar-refractivity contribution in [3.05, 3.63) is 42.4 Å². The van der Waals surface area contributed by atoms with Crippen LogP contribution in [0.1, 0.15) is 16.8 Å². The fourth-order valence-corrected chi connectivity index (χ4v) is 6.18. The maximum absolute atomic E-state index is 12.7. The predicted octanol–water partition coefficient (Wildman–Crippen LogP) is 0.523. The van der Waals surface area contributed by atoms with E-state index in [1.165, 1.54) is 6.20 Å². The van der Waals surface area contributed by atoms with E-state index in [-0.39, 0.29) is 37.3 Å². The Kier molecular flexibility index (Phi) is 3.98. The molecule has 0 unspecified atom stereocenters. The largest absolute Gasteiger partial charge is 0.477 e. The molecule has 0 N–H and O–H groups in total.